The summed E-state index contributed by atoms with van der Waals surface area (Å²) in [4.78, 5) is 0. The van der Waals surface area contributed by atoms with Crippen LogP contribution in [0, 0.1) is 0 Å². The van der Waals surface area contributed by atoms with Crippen LogP contribution in [0.4, 0.5) is 0 Å². The quantitative estimate of drug-likeness (QED) is 0.298. The van der Waals surface area contributed by atoms with Gasteiger partial charge in [-0.05, 0) is 45.2 Å². The zero-order valence-electron chi connectivity index (χ0n) is 23.5. The monoisotopic (exact) mass is 492 g/mol. The van der Waals surface area contributed by atoms with Gasteiger partial charge in [0, 0.05) is 27.7 Å². The van der Waals surface area contributed by atoms with Gasteiger partial charge in [-0.25, -0.2) is 0 Å². The van der Waals surface area contributed by atoms with Crippen molar-refractivity contribution in [2.24, 2.45) is 0 Å². The van der Waals surface area contributed by atoms with Crippen molar-refractivity contribution in [3.05, 3.63) is 107 Å². The van der Waals surface area contributed by atoms with Crippen molar-refractivity contribution >= 4 is 0 Å². The van der Waals surface area contributed by atoms with Crippen LogP contribution in [0.25, 0.3) is 22.3 Å². The molecule has 4 rings (SSSR count). The van der Waals surface area contributed by atoms with E-state index < -0.39 is 5.41 Å². The average molecular weight is 493 g/mol. The minimum atomic E-state index is -0.394. The highest BCUT2D eigenvalue weighted by Crippen LogP contribution is 2.47. The van der Waals surface area contributed by atoms with E-state index >= 15 is 0 Å². The minimum Gasteiger partial charge on any atom is -0.507 e. The second kappa shape index (κ2) is 9.41. The number of benzene rings is 4. The summed E-state index contributed by atoms with van der Waals surface area (Å²) in [5, 5.41) is 22.8. The van der Waals surface area contributed by atoms with Crippen molar-refractivity contribution in [2.75, 3.05) is 0 Å². The molecule has 0 unspecified atom stereocenters. The van der Waals surface area contributed by atoms with Gasteiger partial charge in [0.05, 0.1) is 0 Å². The third kappa shape index (κ3) is 5.16. The highest BCUT2D eigenvalue weighted by atomic mass is 16.3. The van der Waals surface area contributed by atoms with Crippen LogP contribution in [0.15, 0.2) is 84.9 Å². The summed E-state index contributed by atoms with van der Waals surface area (Å²) >= 11 is 0. The summed E-state index contributed by atoms with van der Waals surface area (Å²) in [6, 6.07) is 28.8. The van der Waals surface area contributed by atoms with E-state index in [1.54, 1.807) is 0 Å². The van der Waals surface area contributed by atoms with E-state index in [2.05, 4.69) is 79.7 Å². The lowest BCUT2D eigenvalue weighted by molar-refractivity contribution is 0.446. The summed E-state index contributed by atoms with van der Waals surface area (Å²) in [5.74, 6) is 0.675. The molecule has 0 saturated heterocycles. The van der Waals surface area contributed by atoms with E-state index in [4.69, 9.17) is 0 Å². The van der Waals surface area contributed by atoms with Crippen LogP contribution in [0.5, 0.6) is 11.5 Å². The maximum Gasteiger partial charge on any atom is 0.127 e. The molecule has 0 aliphatic heterocycles. The number of hydrogen-bond acceptors (Lipinski definition) is 2. The van der Waals surface area contributed by atoms with Crippen molar-refractivity contribution < 1.29 is 10.2 Å². The first-order chi connectivity index (χ1) is 17.2. The van der Waals surface area contributed by atoms with E-state index in [1.807, 2.05) is 60.7 Å². The summed E-state index contributed by atoms with van der Waals surface area (Å²) in [7, 11) is 0. The zero-order chi connectivity index (χ0) is 27.2. The largest absolute Gasteiger partial charge is 0.507 e. The molecule has 4 aromatic carbocycles. The summed E-state index contributed by atoms with van der Waals surface area (Å²) in [6.45, 7) is 17.3. The Balaban J connectivity index is 2.01. The highest BCUT2D eigenvalue weighted by molar-refractivity contribution is 5.76. The molecule has 0 fully saturated rings. The molecule has 0 radical (unpaired) electrons. The van der Waals surface area contributed by atoms with Crippen molar-refractivity contribution in [1.82, 2.24) is 0 Å². The fourth-order valence-electron chi connectivity index (χ4n) is 4.98. The van der Waals surface area contributed by atoms with E-state index in [0.29, 0.717) is 11.5 Å². The third-order valence-corrected chi connectivity index (χ3v) is 7.45. The van der Waals surface area contributed by atoms with Gasteiger partial charge in [-0.2, -0.15) is 0 Å². The third-order valence-electron chi connectivity index (χ3n) is 7.45. The molecule has 192 valence electrons. The lowest BCUT2D eigenvalue weighted by Crippen LogP contribution is -2.23. The average Bonchev–Trinajstić information content (AvgIpc) is 2.83. The van der Waals surface area contributed by atoms with E-state index in [1.165, 1.54) is 0 Å². The Morgan fingerprint density at radius 1 is 0.459 bits per heavy atom. The number of aromatic hydroxyl groups is 2. The smallest absolute Gasteiger partial charge is 0.127 e. The molecule has 2 nitrogen and oxygen atoms in total. The van der Waals surface area contributed by atoms with Crippen LogP contribution in [0.3, 0.4) is 0 Å². The van der Waals surface area contributed by atoms with Crippen molar-refractivity contribution in [1.29, 1.82) is 0 Å². The van der Waals surface area contributed by atoms with Crippen LogP contribution in [0.1, 0.15) is 77.6 Å². The van der Waals surface area contributed by atoms with Gasteiger partial charge in [-0.1, -0.05) is 128 Å². The maximum absolute atomic E-state index is 11.4. The first-order valence-electron chi connectivity index (χ1n) is 13.1. The summed E-state index contributed by atoms with van der Waals surface area (Å²) < 4.78 is 0. The molecule has 0 aliphatic rings. The molecule has 2 N–H and O–H groups in total. The molecule has 0 aliphatic carbocycles. The van der Waals surface area contributed by atoms with Gasteiger partial charge >= 0.3 is 0 Å². The van der Waals surface area contributed by atoms with Crippen LogP contribution in [-0.4, -0.2) is 10.2 Å². The first-order valence-corrected chi connectivity index (χ1v) is 13.1. The number of phenolic OH excluding ortho intramolecular Hbond substituents is 2. The van der Waals surface area contributed by atoms with Crippen molar-refractivity contribution in [2.45, 2.75) is 71.6 Å². The molecule has 4 aromatic rings. The summed E-state index contributed by atoms with van der Waals surface area (Å²) in [6.07, 6.45) is 0. The molecule has 0 aromatic heterocycles. The predicted octanol–water partition coefficient (Wildman–Crippen LogP) is 9.35. The molecule has 0 bridgehead atoms. The molecule has 0 amide bonds. The minimum absolute atomic E-state index is 0.236. The van der Waals surface area contributed by atoms with Crippen LogP contribution >= 0.6 is 0 Å². The number of phenols is 2. The zero-order valence-corrected chi connectivity index (χ0v) is 23.5. The van der Waals surface area contributed by atoms with E-state index in [0.717, 1.165) is 44.5 Å². The van der Waals surface area contributed by atoms with Gasteiger partial charge in [0.2, 0.25) is 0 Å². The molecule has 0 saturated carbocycles. The highest BCUT2D eigenvalue weighted by Gasteiger charge is 2.32. The van der Waals surface area contributed by atoms with Crippen LogP contribution in [-0.2, 0) is 16.2 Å². The first kappa shape index (κ1) is 26.5. The number of hydrogen-bond donors (Lipinski definition) is 2. The van der Waals surface area contributed by atoms with E-state index in [9.17, 15) is 10.2 Å². The van der Waals surface area contributed by atoms with Gasteiger partial charge in [-0.3, -0.25) is 0 Å². The van der Waals surface area contributed by atoms with E-state index in [-0.39, 0.29) is 10.8 Å². The van der Waals surface area contributed by atoms with Crippen molar-refractivity contribution in [3.8, 4) is 33.8 Å². The SMILES string of the molecule is CC(C)(C)c1cc(C(C)(C)c2cc(-c3ccccc3)c(O)c(C(C)(C)C)c2)cc(-c2ccccc2)c1O. The Bertz CT molecular complexity index is 1290. The van der Waals surface area contributed by atoms with Crippen LogP contribution in [0.2, 0.25) is 0 Å². The fraction of sp³-hybridized carbons (Fsp3) is 0.314. The predicted molar refractivity (Wildman–Crippen MR) is 157 cm³/mol. The van der Waals surface area contributed by atoms with Crippen LogP contribution < -0.4 is 0 Å². The maximum atomic E-state index is 11.4. The number of rotatable bonds is 4. The second-order valence-electron chi connectivity index (χ2n) is 12.7. The standard InChI is InChI=1S/C35H40O2/c1-33(2,3)29-21-25(19-27(31(29)36)23-15-11-9-12-16-23)35(7,8)26-20-28(24-17-13-10-14-18-24)32(37)30(22-26)34(4,5)6/h9-22,36-37H,1-8H3. The lowest BCUT2D eigenvalue weighted by Gasteiger charge is -2.33. The Hall–Kier alpha value is -3.52. The normalized spacial score (nSPS) is 12.5. The molecule has 0 atom stereocenters. The van der Waals surface area contributed by atoms with Crippen molar-refractivity contribution in [3.63, 3.8) is 0 Å². The van der Waals surface area contributed by atoms with Gasteiger partial charge < -0.3 is 10.2 Å². The Morgan fingerprint density at radius 3 is 1.08 bits per heavy atom. The molecule has 0 spiro atoms. The van der Waals surface area contributed by atoms with Gasteiger partial charge in [0.25, 0.3) is 0 Å². The molecule has 37 heavy (non-hydrogen) atoms. The Kier molecular flexibility index (Phi) is 6.75. The van der Waals surface area contributed by atoms with Gasteiger partial charge in [0.1, 0.15) is 11.5 Å². The molecule has 2 heteroatoms. The lowest BCUT2D eigenvalue weighted by atomic mass is 9.72. The Labute approximate surface area is 222 Å². The Morgan fingerprint density at radius 2 is 0.784 bits per heavy atom. The fourth-order valence-corrected chi connectivity index (χ4v) is 4.98. The van der Waals surface area contributed by atoms with Gasteiger partial charge in [0.15, 0.2) is 0 Å². The second-order valence-corrected chi connectivity index (χ2v) is 12.7. The van der Waals surface area contributed by atoms with Gasteiger partial charge in [-0.15, -0.1) is 0 Å². The molecular formula is C35H40O2. The molecular weight excluding hydrogens is 452 g/mol. The molecule has 0 heterocycles. The topological polar surface area (TPSA) is 40.5 Å². The summed E-state index contributed by atoms with van der Waals surface area (Å²) in [5.41, 5.74) is 6.91.